The van der Waals surface area contributed by atoms with E-state index in [2.05, 4.69) is 182 Å². The summed E-state index contributed by atoms with van der Waals surface area (Å²) < 4.78 is 4.81. The first kappa shape index (κ1) is 29.7. The Balaban J connectivity index is 1.37. The van der Waals surface area contributed by atoms with Gasteiger partial charge in [-0.1, -0.05) is 103 Å². The van der Waals surface area contributed by atoms with Crippen LogP contribution in [0.1, 0.15) is 11.5 Å². The van der Waals surface area contributed by atoms with Crippen molar-refractivity contribution in [1.29, 1.82) is 0 Å². The number of benzene rings is 5. The van der Waals surface area contributed by atoms with Crippen LogP contribution in [0, 0.1) is 0 Å². The number of rotatable bonds is 5. The Morgan fingerprint density at radius 2 is 1.17 bits per heavy atom. The Morgan fingerprint density at radius 1 is 0.509 bits per heavy atom. The number of fused-ring (bicyclic) bond motifs is 10. The Bertz CT molecular complexity index is 2890. The van der Waals surface area contributed by atoms with Crippen molar-refractivity contribution in [2.75, 3.05) is 4.90 Å². The number of imidazole rings is 1. The zero-order valence-electron chi connectivity index (χ0n) is 28.7. The van der Waals surface area contributed by atoms with Crippen molar-refractivity contribution in [3.05, 3.63) is 188 Å². The Morgan fingerprint density at radius 3 is 1.98 bits per heavy atom. The highest BCUT2D eigenvalue weighted by atomic mass is 15.2. The molecule has 2 aliphatic rings. The molecule has 6 heteroatoms. The predicted molar refractivity (Wildman–Crippen MR) is 215 cm³/mol. The molecule has 0 saturated carbocycles. The lowest BCUT2D eigenvalue weighted by Crippen LogP contribution is -2.28. The normalized spacial score (nSPS) is 16.1. The van der Waals surface area contributed by atoms with Gasteiger partial charge in [0, 0.05) is 64.0 Å². The summed E-state index contributed by atoms with van der Waals surface area (Å²) in [4.78, 5) is 17.0. The molecule has 1 aliphatic carbocycles. The van der Waals surface area contributed by atoms with Crippen molar-refractivity contribution in [3.63, 3.8) is 0 Å². The van der Waals surface area contributed by atoms with Crippen LogP contribution in [-0.2, 0) is 0 Å². The predicted octanol–water partition coefficient (Wildman–Crippen LogP) is 11.0. The van der Waals surface area contributed by atoms with Crippen LogP contribution < -0.4 is 4.90 Å². The number of nitrogens with zero attached hydrogens (tertiary/aromatic N) is 6. The van der Waals surface area contributed by atoms with Crippen molar-refractivity contribution in [2.24, 2.45) is 0 Å². The largest absolute Gasteiger partial charge is 0.331 e. The molecule has 6 nitrogen and oxygen atoms in total. The van der Waals surface area contributed by atoms with Crippen LogP contribution in [0.2, 0.25) is 0 Å². The summed E-state index contributed by atoms with van der Waals surface area (Å²) in [7, 11) is 0. The molecule has 5 aromatic carbocycles. The van der Waals surface area contributed by atoms with Crippen molar-refractivity contribution in [3.8, 4) is 33.9 Å². The van der Waals surface area contributed by atoms with Crippen LogP contribution in [0.15, 0.2) is 183 Å². The van der Waals surface area contributed by atoms with Gasteiger partial charge in [-0.25, -0.2) is 4.98 Å². The SMILES string of the molecule is C1=CC2c3c(c4c(nc(-c5ccncc5)n4-c4ccncc4)c4c5ccccc5n(-c5ccccc5)c34)N(c3cccc(-c4ccccc4)c3)C2C=C1. The molecular weight excluding hydrogens is 649 g/mol. The smallest absolute Gasteiger partial charge is 0.145 e. The maximum atomic E-state index is 5.67. The van der Waals surface area contributed by atoms with Crippen molar-refractivity contribution in [1.82, 2.24) is 24.1 Å². The zero-order valence-corrected chi connectivity index (χ0v) is 28.7. The molecule has 2 atom stereocenters. The molecule has 9 aromatic rings. The standard InChI is InChI=1S/C47H32N6/c1-3-12-31(13-4-1)33-14-11-17-36(30-33)52-40-21-10-8-19-38(40)42-44-41(37-18-7-9-20-39(37)51(44)34-15-5-2-6-16-34)43-46(45(42)52)53(35-24-28-49-29-25-35)47(50-43)32-22-26-48-27-23-32/h1-30,38,40H. The second-order valence-corrected chi connectivity index (χ2v) is 13.7. The molecule has 2 unspecified atom stereocenters. The molecule has 0 fully saturated rings. The molecule has 53 heavy (non-hydrogen) atoms. The van der Waals surface area contributed by atoms with E-state index in [0.29, 0.717) is 0 Å². The molecule has 0 N–H and O–H groups in total. The van der Waals surface area contributed by atoms with E-state index in [4.69, 9.17) is 4.98 Å². The fraction of sp³-hybridized carbons (Fsp3) is 0.0426. The summed E-state index contributed by atoms with van der Waals surface area (Å²) in [5, 5.41) is 2.33. The van der Waals surface area contributed by atoms with Crippen LogP contribution in [0.5, 0.6) is 0 Å². The highest BCUT2D eigenvalue weighted by molar-refractivity contribution is 6.25. The first-order chi connectivity index (χ1) is 26.3. The Hall–Kier alpha value is -7.05. The average molecular weight is 681 g/mol. The number of para-hydroxylation sites is 2. The summed E-state index contributed by atoms with van der Waals surface area (Å²) >= 11 is 0. The molecule has 250 valence electrons. The molecule has 0 spiro atoms. The minimum Gasteiger partial charge on any atom is -0.331 e. The topological polar surface area (TPSA) is 51.8 Å². The van der Waals surface area contributed by atoms with Crippen LogP contribution in [0.4, 0.5) is 11.4 Å². The van der Waals surface area contributed by atoms with Gasteiger partial charge in [-0.2, -0.15) is 0 Å². The van der Waals surface area contributed by atoms with Crippen molar-refractivity contribution in [2.45, 2.75) is 12.0 Å². The lowest BCUT2D eigenvalue weighted by Gasteiger charge is -2.29. The monoisotopic (exact) mass is 680 g/mol. The third-order valence-electron chi connectivity index (χ3n) is 10.8. The van der Waals surface area contributed by atoms with E-state index in [1.807, 2.05) is 24.8 Å². The van der Waals surface area contributed by atoms with Gasteiger partial charge >= 0.3 is 0 Å². The van der Waals surface area contributed by atoms with E-state index in [1.165, 1.54) is 27.6 Å². The van der Waals surface area contributed by atoms with Gasteiger partial charge in [-0.15, -0.1) is 0 Å². The van der Waals surface area contributed by atoms with Gasteiger partial charge in [0.2, 0.25) is 0 Å². The first-order valence-electron chi connectivity index (χ1n) is 18.0. The van der Waals surface area contributed by atoms with E-state index in [-0.39, 0.29) is 12.0 Å². The van der Waals surface area contributed by atoms with Gasteiger partial charge in [0.05, 0.1) is 34.0 Å². The number of aromatic nitrogens is 5. The van der Waals surface area contributed by atoms with E-state index in [1.54, 1.807) is 0 Å². The third kappa shape index (κ3) is 4.42. The zero-order chi connectivity index (χ0) is 34.9. The minimum atomic E-state index is 0.0437. The average Bonchev–Trinajstić information content (AvgIpc) is 3.91. The summed E-state index contributed by atoms with van der Waals surface area (Å²) in [5.41, 5.74) is 13.5. The van der Waals surface area contributed by atoms with E-state index in [9.17, 15) is 0 Å². The van der Waals surface area contributed by atoms with E-state index in [0.717, 1.165) is 56.1 Å². The fourth-order valence-electron chi connectivity index (χ4n) is 8.66. The Labute approximate surface area is 306 Å². The van der Waals surface area contributed by atoms with Gasteiger partial charge in [-0.3, -0.25) is 14.5 Å². The quantitative estimate of drug-likeness (QED) is 0.182. The lowest BCUT2D eigenvalue weighted by molar-refractivity contribution is 0.746. The fourth-order valence-corrected chi connectivity index (χ4v) is 8.66. The number of hydrogen-bond acceptors (Lipinski definition) is 4. The first-order valence-corrected chi connectivity index (χ1v) is 18.0. The van der Waals surface area contributed by atoms with Crippen LogP contribution >= 0.6 is 0 Å². The summed E-state index contributed by atoms with van der Waals surface area (Å²) in [6.07, 6.45) is 16.6. The van der Waals surface area contributed by atoms with E-state index >= 15 is 0 Å². The second kappa shape index (κ2) is 11.8. The van der Waals surface area contributed by atoms with Crippen molar-refractivity contribution >= 4 is 44.2 Å². The van der Waals surface area contributed by atoms with Crippen molar-refractivity contribution < 1.29 is 0 Å². The molecule has 0 radical (unpaired) electrons. The molecule has 5 heterocycles. The van der Waals surface area contributed by atoms with Crippen LogP contribution in [0.25, 0.3) is 66.7 Å². The third-order valence-corrected chi connectivity index (χ3v) is 10.8. The maximum Gasteiger partial charge on any atom is 0.145 e. The summed E-state index contributed by atoms with van der Waals surface area (Å²) in [6, 6.07) is 47.5. The highest BCUT2D eigenvalue weighted by Crippen LogP contribution is 2.57. The molecule has 0 saturated heterocycles. The summed E-state index contributed by atoms with van der Waals surface area (Å²) in [5.74, 6) is 0.943. The van der Waals surface area contributed by atoms with E-state index < -0.39 is 0 Å². The molecule has 4 aromatic heterocycles. The summed E-state index contributed by atoms with van der Waals surface area (Å²) in [6.45, 7) is 0. The Kier molecular flexibility index (Phi) is 6.58. The molecule has 11 rings (SSSR count). The number of anilines is 2. The number of hydrogen-bond donors (Lipinski definition) is 0. The molecular formula is C47H32N6. The molecule has 0 bridgehead atoms. The second-order valence-electron chi connectivity index (χ2n) is 13.7. The maximum absolute atomic E-state index is 5.67. The van der Waals surface area contributed by atoms with Gasteiger partial charge in [0.25, 0.3) is 0 Å². The van der Waals surface area contributed by atoms with Gasteiger partial charge in [0.15, 0.2) is 0 Å². The van der Waals surface area contributed by atoms with Gasteiger partial charge < -0.3 is 9.47 Å². The highest BCUT2D eigenvalue weighted by Gasteiger charge is 2.43. The van der Waals surface area contributed by atoms with Gasteiger partial charge in [-0.05, 0) is 65.7 Å². The minimum absolute atomic E-state index is 0.0437. The van der Waals surface area contributed by atoms with Crippen LogP contribution in [-0.4, -0.2) is 30.1 Å². The van der Waals surface area contributed by atoms with Gasteiger partial charge in [0.1, 0.15) is 11.3 Å². The number of allylic oxidation sites excluding steroid dienone is 2. The lowest BCUT2D eigenvalue weighted by atomic mass is 9.89. The molecule has 0 amide bonds. The van der Waals surface area contributed by atoms with Crippen LogP contribution in [0.3, 0.4) is 0 Å². The number of pyridine rings is 2. The molecule has 1 aliphatic heterocycles.